The average Bonchev–Trinajstić information content (AvgIpc) is 3.51. The molecule has 1 aromatic heterocycles. The van der Waals surface area contributed by atoms with Crippen molar-refractivity contribution in [3.8, 4) is 28.6 Å². The highest BCUT2D eigenvalue weighted by Crippen LogP contribution is 2.36. The highest BCUT2D eigenvalue weighted by molar-refractivity contribution is 6.55. The van der Waals surface area contributed by atoms with Gasteiger partial charge in [0.05, 0.1) is 31.5 Å². The maximum atomic E-state index is 6.40. The van der Waals surface area contributed by atoms with Gasteiger partial charge in [-0.05, 0) is 54.5 Å². The minimum atomic E-state index is -0.0697. The Kier molecular flexibility index (Phi) is 8.90. The monoisotopic (exact) mass is 551 g/mol. The van der Waals surface area contributed by atoms with Crippen LogP contribution in [0.4, 0.5) is 0 Å². The highest BCUT2D eigenvalue weighted by atomic mass is 35.5. The van der Waals surface area contributed by atoms with Crippen LogP contribution >= 0.6 is 34.8 Å². The van der Waals surface area contributed by atoms with Gasteiger partial charge in [-0.15, -0.1) is 10.2 Å². The molecule has 12 heteroatoms. The van der Waals surface area contributed by atoms with Crippen molar-refractivity contribution in [2.24, 2.45) is 12.2 Å². The van der Waals surface area contributed by atoms with Crippen LogP contribution in [0.2, 0.25) is 5.02 Å². The molecule has 0 amide bonds. The molecule has 0 saturated heterocycles. The van der Waals surface area contributed by atoms with E-state index in [0.29, 0.717) is 35.4 Å². The number of methoxy groups -OCH3 is 1. The number of rotatable bonds is 11. The third-order valence-electron chi connectivity index (χ3n) is 5.31. The Morgan fingerprint density at radius 2 is 1.97 bits per heavy atom. The Morgan fingerprint density at radius 3 is 2.67 bits per heavy atom. The molecule has 0 N–H and O–H groups in total. The second-order valence-electron chi connectivity index (χ2n) is 7.88. The third kappa shape index (κ3) is 6.81. The quantitative estimate of drug-likeness (QED) is 0.286. The summed E-state index contributed by atoms with van der Waals surface area (Å²) < 4.78 is 17.2. The fraction of sp³-hybridized carbons (Fsp3) is 0.333. The van der Waals surface area contributed by atoms with Crippen LogP contribution in [0.1, 0.15) is 24.8 Å². The summed E-state index contributed by atoms with van der Waals surface area (Å²) in [5, 5.41) is 16.7. The summed E-state index contributed by atoms with van der Waals surface area (Å²) in [6.07, 6.45) is 3.66. The molecule has 2 heterocycles. The lowest BCUT2D eigenvalue weighted by molar-refractivity contribution is 0.0741. The molecule has 4 rings (SSSR count). The molecule has 1 unspecified atom stereocenters. The molecule has 2 aromatic carbocycles. The highest BCUT2D eigenvalue weighted by Gasteiger charge is 2.26. The number of nitrogens with zero attached hydrogens (tertiary/aromatic N) is 5. The molecular weight excluding hydrogens is 529 g/mol. The van der Waals surface area contributed by atoms with Crippen molar-refractivity contribution in [1.82, 2.24) is 20.2 Å². The van der Waals surface area contributed by atoms with Crippen LogP contribution in [0.15, 0.2) is 52.1 Å². The van der Waals surface area contributed by atoms with Gasteiger partial charge in [0.1, 0.15) is 34.5 Å². The van der Waals surface area contributed by atoms with E-state index in [2.05, 4.69) is 20.6 Å². The smallest absolute Gasteiger partial charge is 0.204 e. The molecule has 1 atom stereocenters. The van der Waals surface area contributed by atoms with Crippen molar-refractivity contribution in [2.75, 3.05) is 20.3 Å². The third-order valence-corrected chi connectivity index (χ3v) is 5.90. The number of aromatic nitrogens is 4. The molecule has 3 aromatic rings. The predicted molar refractivity (Wildman–Crippen MR) is 138 cm³/mol. The summed E-state index contributed by atoms with van der Waals surface area (Å²) in [7, 11) is 3.29. The predicted octanol–water partition coefficient (Wildman–Crippen LogP) is 5.59. The van der Waals surface area contributed by atoms with Crippen LogP contribution in [-0.2, 0) is 11.9 Å². The fourth-order valence-electron chi connectivity index (χ4n) is 3.62. The minimum absolute atomic E-state index is 0.0697. The molecular formula is C24H24Cl3N5O4. The van der Waals surface area contributed by atoms with Crippen LogP contribution in [-0.4, -0.2) is 52.3 Å². The summed E-state index contributed by atoms with van der Waals surface area (Å²) >= 11 is 17.7. The Morgan fingerprint density at radius 1 is 1.17 bits per heavy atom. The first-order valence-electron chi connectivity index (χ1n) is 11.1. The van der Waals surface area contributed by atoms with Crippen molar-refractivity contribution in [3.05, 3.63) is 57.6 Å². The maximum absolute atomic E-state index is 6.40. The lowest BCUT2D eigenvalue weighted by Gasteiger charge is -2.13. The van der Waals surface area contributed by atoms with E-state index in [1.807, 2.05) is 30.3 Å². The van der Waals surface area contributed by atoms with Crippen LogP contribution in [0, 0.1) is 0 Å². The first-order chi connectivity index (χ1) is 17.4. The SMILES string of the molecule is COc1c(Cl)cc(OCC=C(Cl)Cl)cc1C1=NOC(CCCOc2ccc(-c3nnn(C)n3)cc2)C1. The summed E-state index contributed by atoms with van der Waals surface area (Å²) in [6.45, 7) is 0.753. The van der Waals surface area contributed by atoms with Gasteiger partial charge >= 0.3 is 0 Å². The van der Waals surface area contributed by atoms with Gasteiger partial charge in [-0.3, -0.25) is 0 Å². The number of oxime groups is 1. The van der Waals surface area contributed by atoms with Crippen molar-refractivity contribution in [2.45, 2.75) is 25.4 Å². The van der Waals surface area contributed by atoms with E-state index in [9.17, 15) is 0 Å². The van der Waals surface area contributed by atoms with E-state index in [0.717, 1.165) is 35.4 Å². The number of ether oxygens (including phenoxy) is 3. The lowest BCUT2D eigenvalue weighted by Crippen LogP contribution is -2.11. The first-order valence-corrected chi connectivity index (χ1v) is 12.3. The number of hydrogen-bond acceptors (Lipinski definition) is 8. The second kappa shape index (κ2) is 12.3. The average molecular weight is 553 g/mol. The van der Waals surface area contributed by atoms with Gasteiger partial charge in [0.2, 0.25) is 5.82 Å². The molecule has 1 aliphatic rings. The molecule has 0 bridgehead atoms. The molecule has 0 fully saturated rings. The van der Waals surface area contributed by atoms with Gasteiger partial charge in [-0.1, -0.05) is 40.0 Å². The molecule has 1 aliphatic heterocycles. The summed E-state index contributed by atoms with van der Waals surface area (Å²) in [6, 6.07) is 11.1. The summed E-state index contributed by atoms with van der Waals surface area (Å²) in [5.74, 6) is 2.40. The molecule has 36 heavy (non-hydrogen) atoms. The molecule has 0 radical (unpaired) electrons. The second-order valence-corrected chi connectivity index (χ2v) is 9.29. The maximum Gasteiger partial charge on any atom is 0.204 e. The van der Waals surface area contributed by atoms with E-state index >= 15 is 0 Å². The van der Waals surface area contributed by atoms with Crippen molar-refractivity contribution in [3.63, 3.8) is 0 Å². The molecule has 9 nitrogen and oxygen atoms in total. The Bertz CT molecular complexity index is 1240. The number of halogens is 3. The standard InChI is InChI=1S/C24H24Cl3N5O4/c1-32-29-24(28-31-32)15-5-7-16(8-6-15)34-10-3-4-17-14-21(30-36-17)19-12-18(35-11-9-22(26)27)13-20(25)23(19)33-2/h5-9,12-13,17H,3-4,10-11,14H2,1-2H3. The van der Waals surface area contributed by atoms with Gasteiger partial charge in [0, 0.05) is 23.6 Å². The van der Waals surface area contributed by atoms with Crippen LogP contribution < -0.4 is 14.2 Å². The molecule has 0 saturated carbocycles. The fourth-order valence-corrected chi connectivity index (χ4v) is 4.03. The largest absolute Gasteiger partial charge is 0.494 e. The van der Waals surface area contributed by atoms with E-state index in [4.69, 9.17) is 53.9 Å². The van der Waals surface area contributed by atoms with Crippen LogP contribution in [0.5, 0.6) is 17.2 Å². The number of benzene rings is 2. The van der Waals surface area contributed by atoms with Crippen molar-refractivity contribution < 1.29 is 19.0 Å². The summed E-state index contributed by atoms with van der Waals surface area (Å²) in [5.41, 5.74) is 2.34. The van der Waals surface area contributed by atoms with Crippen molar-refractivity contribution >= 4 is 40.5 Å². The number of hydrogen-bond donors (Lipinski definition) is 0. The van der Waals surface area contributed by atoms with Crippen LogP contribution in [0.25, 0.3) is 11.4 Å². The Hall–Kier alpha value is -3.01. The normalized spacial score (nSPS) is 14.7. The molecule has 190 valence electrons. The van der Waals surface area contributed by atoms with Gasteiger partial charge in [-0.2, -0.15) is 4.80 Å². The van der Waals surface area contributed by atoms with E-state index in [1.54, 1.807) is 26.3 Å². The Balaban J connectivity index is 1.27. The summed E-state index contributed by atoms with van der Waals surface area (Å²) in [4.78, 5) is 7.08. The zero-order valence-corrected chi connectivity index (χ0v) is 21.9. The number of aryl methyl sites for hydroxylation is 1. The van der Waals surface area contributed by atoms with E-state index < -0.39 is 0 Å². The zero-order valence-electron chi connectivity index (χ0n) is 19.7. The first kappa shape index (κ1) is 26.1. The molecule has 0 aliphatic carbocycles. The van der Waals surface area contributed by atoms with Gasteiger partial charge in [0.15, 0.2) is 0 Å². The molecule has 0 spiro atoms. The zero-order chi connectivity index (χ0) is 25.5. The van der Waals surface area contributed by atoms with E-state index in [1.165, 1.54) is 4.80 Å². The minimum Gasteiger partial charge on any atom is -0.494 e. The number of tetrazole rings is 1. The topological polar surface area (TPSA) is 92.9 Å². The van der Waals surface area contributed by atoms with Gasteiger partial charge in [-0.25, -0.2) is 0 Å². The van der Waals surface area contributed by atoms with Crippen LogP contribution in [0.3, 0.4) is 0 Å². The lowest BCUT2D eigenvalue weighted by atomic mass is 10.0. The van der Waals surface area contributed by atoms with Gasteiger partial charge < -0.3 is 19.0 Å². The Labute approximate surface area is 223 Å². The van der Waals surface area contributed by atoms with Gasteiger partial charge in [0.25, 0.3) is 0 Å². The van der Waals surface area contributed by atoms with Crippen molar-refractivity contribution in [1.29, 1.82) is 0 Å². The van der Waals surface area contributed by atoms with E-state index in [-0.39, 0.29) is 17.2 Å².